The molecule has 0 aromatic heterocycles. The third-order valence-electron chi connectivity index (χ3n) is 0.866. The molecule has 0 N–H and O–H groups in total. The summed E-state index contributed by atoms with van der Waals surface area (Å²) < 4.78 is 0. The first kappa shape index (κ1) is 23.7. The van der Waals surface area contributed by atoms with Gasteiger partial charge in [0.1, 0.15) is 0 Å². The van der Waals surface area contributed by atoms with E-state index in [4.69, 9.17) is 0 Å². The molecule has 0 aliphatic heterocycles. The standard InChI is InChI=1S/C6H14.C4H10.2C2H6/c1-4-5-6(2)3;1-4(2)3;2*1-2/h6H,4-5H2,1-3H3;4H,1-3H3;2*1-2H3. The maximum atomic E-state index is 2.25. The van der Waals surface area contributed by atoms with Crippen molar-refractivity contribution in [2.75, 3.05) is 0 Å². The van der Waals surface area contributed by atoms with Crippen molar-refractivity contribution >= 4 is 0 Å². The summed E-state index contributed by atoms with van der Waals surface area (Å²) in [6.45, 7) is 21.2. The summed E-state index contributed by atoms with van der Waals surface area (Å²) in [6, 6.07) is 0. The fourth-order valence-corrected chi connectivity index (χ4v) is 0.577. The van der Waals surface area contributed by atoms with Crippen LogP contribution in [0.25, 0.3) is 0 Å². The lowest BCUT2D eigenvalue weighted by Gasteiger charge is -1.95. The fraction of sp³-hybridized carbons (Fsp3) is 1.00. The summed E-state index contributed by atoms with van der Waals surface area (Å²) in [5, 5.41) is 0. The summed E-state index contributed by atoms with van der Waals surface area (Å²) in [7, 11) is 0. The van der Waals surface area contributed by atoms with Crippen molar-refractivity contribution in [1.82, 2.24) is 0 Å². The van der Waals surface area contributed by atoms with Crippen molar-refractivity contribution in [2.45, 2.75) is 82.1 Å². The minimum absolute atomic E-state index is 0.833. The van der Waals surface area contributed by atoms with Gasteiger partial charge in [0, 0.05) is 0 Å². The van der Waals surface area contributed by atoms with Crippen LogP contribution in [0.4, 0.5) is 0 Å². The number of hydrogen-bond acceptors (Lipinski definition) is 0. The molecule has 0 heterocycles. The summed E-state index contributed by atoms with van der Waals surface area (Å²) in [5.74, 6) is 1.73. The van der Waals surface area contributed by atoms with Crippen LogP contribution in [0.3, 0.4) is 0 Å². The predicted octanol–water partition coefficient (Wildman–Crippen LogP) is 6.16. The highest BCUT2D eigenvalue weighted by atomic mass is 13.9. The first-order valence-corrected chi connectivity index (χ1v) is 6.50. The quantitative estimate of drug-likeness (QED) is 0.505. The van der Waals surface area contributed by atoms with Gasteiger partial charge in [-0.3, -0.25) is 0 Å². The second-order valence-corrected chi connectivity index (χ2v) is 3.91. The van der Waals surface area contributed by atoms with Gasteiger partial charge in [-0.15, -0.1) is 0 Å². The Morgan fingerprint density at radius 2 is 0.929 bits per heavy atom. The van der Waals surface area contributed by atoms with Crippen molar-refractivity contribution < 1.29 is 0 Å². The fourth-order valence-electron chi connectivity index (χ4n) is 0.577. The molecule has 0 rings (SSSR count). The number of hydrogen-bond donors (Lipinski definition) is 0. The van der Waals surface area contributed by atoms with E-state index < -0.39 is 0 Å². The van der Waals surface area contributed by atoms with E-state index in [1.807, 2.05) is 27.7 Å². The molecule has 0 saturated heterocycles. The minimum atomic E-state index is 0.833. The zero-order valence-corrected chi connectivity index (χ0v) is 12.6. The lowest BCUT2D eigenvalue weighted by atomic mass is 10.1. The Hall–Kier alpha value is 0. The molecular weight excluding hydrogens is 168 g/mol. The molecule has 0 bridgehead atoms. The average Bonchev–Trinajstić information content (AvgIpc) is 2.10. The molecule has 92 valence electrons. The van der Waals surface area contributed by atoms with Gasteiger partial charge in [0.2, 0.25) is 0 Å². The first-order chi connectivity index (χ1) is 6.50. The average molecular weight is 204 g/mol. The van der Waals surface area contributed by atoms with Crippen molar-refractivity contribution in [3.05, 3.63) is 0 Å². The minimum Gasteiger partial charge on any atom is -0.0683 e. The normalized spacial score (nSPS) is 7.71. The molecule has 0 aromatic carbocycles. The van der Waals surface area contributed by atoms with Gasteiger partial charge in [0.25, 0.3) is 0 Å². The van der Waals surface area contributed by atoms with Crippen LogP contribution in [0.2, 0.25) is 0 Å². The van der Waals surface area contributed by atoms with E-state index >= 15 is 0 Å². The van der Waals surface area contributed by atoms with Gasteiger partial charge in [0.05, 0.1) is 0 Å². The molecule has 0 saturated carbocycles. The zero-order chi connectivity index (χ0) is 12.6. The maximum Gasteiger partial charge on any atom is -0.0471 e. The van der Waals surface area contributed by atoms with E-state index in [1.54, 1.807) is 0 Å². The molecule has 0 amide bonds. The van der Waals surface area contributed by atoms with Crippen molar-refractivity contribution in [1.29, 1.82) is 0 Å². The molecule has 0 fully saturated rings. The monoisotopic (exact) mass is 204 g/mol. The molecule has 0 nitrogen and oxygen atoms in total. The van der Waals surface area contributed by atoms with Crippen LogP contribution >= 0.6 is 0 Å². The van der Waals surface area contributed by atoms with E-state index in [0.717, 1.165) is 11.8 Å². The highest BCUT2D eigenvalue weighted by Crippen LogP contribution is 2.00. The Kier molecular flexibility index (Phi) is 49.4. The van der Waals surface area contributed by atoms with Gasteiger partial charge in [-0.2, -0.15) is 0 Å². The van der Waals surface area contributed by atoms with E-state index in [1.165, 1.54) is 12.8 Å². The molecule has 0 atom stereocenters. The summed E-state index contributed by atoms with van der Waals surface area (Å²) in [4.78, 5) is 0. The van der Waals surface area contributed by atoms with Crippen LogP contribution in [0.15, 0.2) is 0 Å². The van der Waals surface area contributed by atoms with E-state index in [9.17, 15) is 0 Å². The second-order valence-electron chi connectivity index (χ2n) is 3.91. The van der Waals surface area contributed by atoms with Crippen LogP contribution in [0.1, 0.15) is 82.1 Å². The van der Waals surface area contributed by atoms with Crippen LogP contribution in [0, 0.1) is 11.8 Å². The van der Waals surface area contributed by atoms with Gasteiger partial charge in [0.15, 0.2) is 0 Å². The molecular formula is C14H36. The Bertz CT molecular complexity index is 41.2. The molecule has 0 aromatic rings. The molecule has 0 aliphatic carbocycles. The van der Waals surface area contributed by atoms with Gasteiger partial charge < -0.3 is 0 Å². The third kappa shape index (κ3) is 161. The van der Waals surface area contributed by atoms with E-state index in [2.05, 4.69) is 41.5 Å². The lowest BCUT2D eigenvalue weighted by Crippen LogP contribution is -1.81. The van der Waals surface area contributed by atoms with Crippen molar-refractivity contribution in [3.8, 4) is 0 Å². The van der Waals surface area contributed by atoms with Crippen LogP contribution in [0.5, 0.6) is 0 Å². The molecule has 0 aliphatic rings. The van der Waals surface area contributed by atoms with Crippen molar-refractivity contribution in [3.63, 3.8) is 0 Å². The zero-order valence-electron chi connectivity index (χ0n) is 12.6. The Morgan fingerprint density at radius 3 is 0.929 bits per heavy atom. The highest BCUT2D eigenvalue weighted by Gasteiger charge is 1.85. The topological polar surface area (TPSA) is 0 Å². The number of rotatable bonds is 2. The predicted molar refractivity (Wildman–Crippen MR) is 73.0 cm³/mol. The molecule has 0 radical (unpaired) electrons. The first-order valence-electron chi connectivity index (χ1n) is 6.50. The largest absolute Gasteiger partial charge is 0.0683 e. The van der Waals surface area contributed by atoms with Gasteiger partial charge in [-0.1, -0.05) is 82.1 Å². The Labute approximate surface area is 94.5 Å². The maximum absolute atomic E-state index is 2.25. The summed E-state index contributed by atoms with van der Waals surface area (Å²) in [5.41, 5.74) is 0. The molecule has 0 spiro atoms. The SMILES string of the molecule is CC.CC.CC(C)C.CCCC(C)C. The van der Waals surface area contributed by atoms with Crippen molar-refractivity contribution in [2.24, 2.45) is 11.8 Å². The van der Waals surface area contributed by atoms with E-state index in [-0.39, 0.29) is 0 Å². The van der Waals surface area contributed by atoms with E-state index in [0.29, 0.717) is 0 Å². The van der Waals surface area contributed by atoms with Gasteiger partial charge >= 0.3 is 0 Å². The van der Waals surface area contributed by atoms with Crippen LogP contribution < -0.4 is 0 Å². The lowest BCUT2D eigenvalue weighted by molar-refractivity contribution is 0.576. The molecule has 0 heteroatoms. The van der Waals surface area contributed by atoms with Gasteiger partial charge in [-0.25, -0.2) is 0 Å². The molecule has 0 unspecified atom stereocenters. The molecule has 14 heavy (non-hydrogen) atoms. The smallest absolute Gasteiger partial charge is 0.0471 e. The van der Waals surface area contributed by atoms with Gasteiger partial charge in [-0.05, 0) is 11.8 Å². The Morgan fingerprint density at radius 1 is 0.714 bits per heavy atom. The van der Waals surface area contributed by atoms with Crippen LogP contribution in [-0.4, -0.2) is 0 Å². The second kappa shape index (κ2) is 29.2. The Balaban J connectivity index is -0.0000000546. The highest BCUT2D eigenvalue weighted by molar-refractivity contribution is 4.38. The summed E-state index contributed by atoms with van der Waals surface area (Å²) in [6.07, 6.45) is 2.71. The third-order valence-corrected chi connectivity index (χ3v) is 0.866. The van der Waals surface area contributed by atoms with Crippen LogP contribution in [-0.2, 0) is 0 Å². The summed E-state index contributed by atoms with van der Waals surface area (Å²) >= 11 is 0.